The molecule has 1 atom stereocenters. The zero-order valence-corrected chi connectivity index (χ0v) is 11.6. The van der Waals surface area contributed by atoms with E-state index in [1.54, 1.807) is 11.3 Å². The minimum atomic E-state index is 0.241. The van der Waals surface area contributed by atoms with Crippen molar-refractivity contribution in [1.29, 1.82) is 0 Å². The molecule has 2 aromatic rings. The van der Waals surface area contributed by atoms with Crippen molar-refractivity contribution in [2.75, 3.05) is 6.54 Å². The molecule has 1 unspecified atom stereocenters. The normalized spacial score (nSPS) is 12.6. The van der Waals surface area contributed by atoms with Gasteiger partial charge in [-0.25, -0.2) is 0 Å². The molecule has 1 nitrogen and oxygen atoms in total. The minimum Gasteiger partial charge on any atom is -0.306 e. The van der Waals surface area contributed by atoms with Gasteiger partial charge in [-0.2, -0.15) is 0 Å². The maximum atomic E-state index is 6.07. The van der Waals surface area contributed by atoms with Crippen LogP contribution in [-0.2, 0) is 0 Å². The molecule has 0 saturated carbocycles. The van der Waals surface area contributed by atoms with E-state index in [2.05, 4.69) is 36.7 Å². The van der Waals surface area contributed by atoms with Crippen molar-refractivity contribution in [3.63, 3.8) is 0 Å². The molecule has 0 amide bonds. The third-order valence-electron chi connectivity index (χ3n) is 2.80. The molecule has 0 radical (unpaired) electrons. The molecular formula is C14H16ClNS. The highest BCUT2D eigenvalue weighted by Gasteiger charge is 2.15. The average Bonchev–Trinajstić information content (AvgIpc) is 2.72. The van der Waals surface area contributed by atoms with Crippen LogP contribution in [0.5, 0.6) is 0 Å². The fourth-order valence-electron chi connectivity index (χ4n) is 1.99. The summed E-state index contributed by atoms with van der Waals surface area (Å²) in [7, 11) is 0. The second-order valence-corrected chi connectivity index (χ2v) is 5.53. The smallest absolute Gasteiger partial charge is 0.0588 e. The molecule has 1 aromatic heterocycles. The summed E-state index contributed by atoms with van der Waals surface area (Å²) >= 11 is 7.85. The number of hydrogen-bond acceptors (Lipinski definition) is 2. The van der Waals surface area contributed by atoms with Crippen molar-refractivity contribution >= 4 is 22.9 Å². The summed E-state index contributed by atoms with van der Waals surface area (Å²) in [4.78, 5) is 1.36. The van der Waals surface area contributed by atoms with Gasteiger partial charge in [-0.1, -0.05) is 30.7 Å². The highest BCUT2D eigenvalue weighted by Crippen LogP contribution is 2.29. The Balaban J connectivity index is 2.39. The van der Waals surface area contributed by atoms with Crippen LogP contribution in [0.2, 0.25) is 5.02 Å². The number of thiophene rings is 1. The lowest BCUT2D eigenvalue weighted by Gasteiger charge is -2.18. The molecule has 0 aliphatic heterocycles. The van der Waals surface area contributed by atoms with Gasteiger partial charge < -0.3 is 5.32 Å². The van der Waals surface area contributed by atoms with Gasteiger partial charge in [-0.3, -0.25) is 0 Å². The Labute approximate surface area is 111 Å². The lowest BCUT2D eigenvalue weighted by atomic mass is 9.99. The predicted molar refractivity (Wildman–Crippen MR) is 76.0 cm³/mol. The summed E-state index contributed by atoms with van der Waals surface area (Å²) in [5.74, 6) is 0. The Bertz CT molecular complexity index is 492. The summed E-state index contributed by atoms with van der Waals surface area (Å²) in [5, 5.41) is 6.45. The monoisotopic (exact) mass is 265 g/mol. The minimum absolute atomic E-state index is 0.241. The number of aryl methyl sites for hydroxylation is 1. The van der Waals surface area contributed by atoms with Crippen LogP contribution in [0, 0.1) is 6.92 Å². The summed E-state index contributed by atoms with van der Waals surface area (Å²) in [6.45, 7) is 5.22. The number of hydrogen-bond donors (Lipinski definition) is 1. The molecule has 90 valence electrons. The lowest BCUT2D eigenvalue weighted by Crippen LogP contribution is -2.22. The van der Waals surface area contributed by atoms with E-state index in [1.165, 1.54) is 16.0 Å². The van der Waals surface area contributed by atoms with Crippen molar-refractivity contribution in [2.45, 2.75) is 19.9 Å². The average molecular weight is 266 g/mol. The maximum Gasteiger partial charge on any atom is 0.0588 e. The molecule has 1 N–H and O–H groups in total. The van der Waals surface area contributed by atoms with Crippen molar-refractivity contribution in [3.8, 4) is 0 Å². The fourth-order valence-corrected chi connectivity index (χ4v) is 2.93. The van der Waals surface area contributed by atoms with Crippen molar-refractivity contribution < 1.29 is 0 Å². The van der Waals surface area contributed by atoms with Crippen molar-refractivity contribution in [1.82, 2.24) is 5.32 Å². The highest BCUT2D eigenvalue weighted by atomic mass is 35.5. The SMILES string of the molecule is CCNC(c1cccc(Cl)c1)c1ccsc1C. The molecule has 0 bridgehead atoms. The molecule has 3 heteroatoms. The Hall–Kier alpha value is -0.830. The van der Waals surface area contributed by atoms with E-state index in [1.807, 2.05) is 18.2 Å². The van der Waals surface area contributed by atoms with Crippen LogP contribution >= 0.6 is 22.9 Å². The highest BCUT2D eigenvalue weighted by molar-refractivity contribution is 7.10. The molecule has 1 heterocycles. The molecule has 0 saturated heterocycles. The van der Waals surface area contributed by atoms with E-state index in [4.69, 9.17) is 11.6 Å². The molecule has 0 fully saturated rings. The van der Waals surface area contributed by atoms with Gasteiger partial charge in [-0.15, -0.1) is 11.3 Å². The number of nitrogens with one attached hydrogen (secondary N) is 1. The van der Waals surface area contributed by atoms with Gasteiger partial charge in [0.1, 0.15) is 0 Å². The summed E-state index contributed by atoms with van der Waals surface area (Å²) in [6, 6.07) is 10.5. The van der Waals surface area contributed by atoms with E-state index in [0.29, 0.717) is 0 Å². The zero-order chi connectivity index (χ0) is 12.3. The molecule has 0 spiro atoms. The quantitative estimate of drug-likeness (QED) is 0.864. The Morgan fingerprint density at radius 1 is 1.35 bits per heavy atom. The van der Waals surface area contributed by atoms with E-state index in [0.717, 1.165) is 11.6 Å². The van der Waals surface area contributed by atoms with Crippen LogP contribution in [0.1, 0.15) is 29.0 Å². The second kappa shape index (κ2) is 5.67. The number of halogens is 1. The van der Waals surface area contributed by atoms with E-state index in [9.17, 15) is 0 Å². The molecule has 0 aliphatic rings. The van der Waals surface area contributed by atoms with Crippen LogP contribution in [0.3, 0.4) is 0 Å². The van der Waals surface area contributed by atoms with Gasteiger partial charge in [0.15, 0.2) is 0 Å². The largest absolute Gasteiger partial charge is 0.306 e. The van der Waals surface area contributed by atoms with Gasteiger partial charge in [0, 0.05) is 9.90 Å². The third-order valence-corrected chi connectivity index (χ3v) is 3.90. The molecule has 0 aliphatic carbocycles. The van der Waals surface area contributed by atoms with Crippen molar-refractivity contribution in [2.24, 2.45) is 0 Å². The van der Waals surface area contributed by atoms with E-state index < -0.39 is 0 Å². The lowest BCUT2D eigenvalue weighted by molar-refractivity contribution is 0.630. The van der Waals surface area contributed by atoms with Crippen molar-refractivity contribution in [3.05, 3.63) is 56.7 Å². The molecule has 1 aromatic carbocycles. The fraction of sp³-hybridized carbons (Fsp3) is 0.286. The Kier molecular flexibility index (Phi) is 4.21. The maximum absolute atomic E-state index is 6.07. The van der Waals surface area contributed by atoms with Crippen LogP contribution in [0.25, 0.3) is 0 Å². The first-order chi connectivity index (χ1) is 8.22. The van der Waals surface area contributed by atoms with Gasteiger partial charge >= 0.3 is 0 Å². The number of rotatable bonds is 4. The predicted octanol–water partition coefficient (Wildman–Crippen LogP) is 4.41. The summed E-state index contributed by atoms with van der Waals surface area (Å²) in [5.41, 5.74) is 2.57. The van der Waals surface area contributed by atoms with Crippen LogP contribution < -0.4 is 5.32 Å². The topological polar surface area (TPSA) is 12.0 Å². The van der Waals surface area contributed by atoms with E-state index >= 15 is 0 Å². The first-order valence-corrected chi connectivity index (χ1v) is 7.01. The Morgan fingerprint density at radius 3 is 2.76 bits per heavy atom. The summed E-state index contributed by atoms with van der Waals surface area (Å²) in [6.07, 6.45) is 0. The van der Waals surface area contributed by atoms with Gasteiger partial charge in [-0.05, 0) is 48.2 Å². The van der Waals surface area contributed by atoms with E-state index in [-0.39, 0.29) is 6.04 Å². The van der Waals surface area contributed by atoms with Crippen LogP contribution in [0.4, 0.5) is 0 Å². The number of benzene rings is 1. The molecule has 17 heavy (non-hydrogen) atoms. The van der Waals surface area contributed by atoms with Gasteiger partial charge in [0.05, 0.1) is 6.04 Å². The van der Waals surface area contributed by atoms with Gasteiger partial charge in [0.25, 0.3) is 0 Å². The first-order valence-electron chi connectivity index (χ1n) is 5.75. The molecule has 2 rings (SSSR count). The standard InChI is InChI=1S/C14H16ClNS/c1-3-16-14(13-7-8-17-10(13)2)11-5-4-6-12(15)9-11/h4-9,14,16H,3H2,1-2H3. The third kappa shape index (κ3) is 2.89. The Morgan fingerprint density at radius 2 is 2.18 bits per heavy atom. The van der Waals surface area contributed by atoms with Gasteiger partial charge in [0.2, 0.25) is 0 Å². The summed E-state index contributed by atoms with van der Waals surface area (Å²) < 4.78 is 0. The molecular weight excluding hydrogens is 250 g/mol. The second-order valence-electron chi connectivity index (χ2n) is 3.98. The van der Waals surface area contributed by atoms with Crippen LogP contribution in [-0.4, -0.2) is 6.54 Å². The first kappa shape index (κ1) is 12.6. The zero-order valence-electron chi connectivity index (χ0n) is 10.0. The van der Waals surface area contributed by atoms with Crippen LogP contribution in [0.15, 0.2) is 35.7 Å².